The van der Waals surface area contributed by atoms with Crippen LogP contribution in [0.1, 0.15) is 32.2 Å². The van der Waals surface area contributed by atoms with E-state index in [4.69, 9.17) is 5.73 Å². The lowest BCUT2D eigenvalue weighted by Gasteiger charge is -2.21. The number of nitrogens with zero attached hydrogens (tertiary/aromatic N) is 3. The molecule has 1 aromatic heterocycles. The van der Waals surface area contributed by atoms with E-state index in [1.54, 1.807) is 28.9 Å². The molecule has 5 heteroatoms. The third-order valence-corrected chi connectivity index (χ3v) is 2.74. The number of aromatic hydroxyl groups is 1. The Labute approximate surface area is 106 Å². The van der Waals surface area contributed by atoms with E-state index in [0.717, 1.165) is 17.1 Å². The monoisotopic (exact) mass is 246 g/mol. The smallest absolute Gasteiger partial charge is 0.115 e. The maximum absolute atomic E-state index is 9.32. The lowest BCUT2D eigenvalue weighted by Crippen LogP contribution is -2.20. The van der Waals surface area contributed by atoms with Gasteiger partial charge in [-0.05, 0) is 24.3 Å². The van der Waals surface area contributed by atoms with Gasteiger partial charge in [-0.25, -0.2) is 4.68 Å². The second-order valence-corrected chi connectivity index (χ2v) is 5.27. The Morgan fingerprint density at radius 1 is 1.22 bits per heavy atom. The van der Waals surface area contributed by atoms with Gasteiger partial charge < -0.3 is 10.8 Å². The Morgan fingerprint density at radius 3 is 2.33 bits per heavy atom. The summed E-state index contributed by atoms with van der Waals surface area (Å²) >= 11 is 0. The third kappa shape index (κ3) is 2.22. The summed E-state index contributed by atoms with van der Waals surface area (Å²) in [7, 11) is 0. The van der Waals surface area contributed by atoms with Gasteiger partial charge in [0.15, 0.2) is 0 Å². The Bertz CT molecular complexity index is 537. The van der Waals surface area contributed by atoms with Crippen molar-refractivity contribution in [1.82, 2.24) is 15.0 Å². The number of benzene rings is 1. The molecule has 0 atom stereocenters. The van der Waals surface area contributed by atoms with Crippen molar-refractivity contribution in [2.45, 2.75) is 32.7 Å². The van der Waals surface area contributed by atoms with Crippen molar-refractivity contribution >= 4 is 0 Å². The van der Waals surface area contributed by atoms with Crippen LogP contribution in [0.4, 0.5) is 0 Å². The second-order valence-electron chi connectivity index (χ2n) is 5.27. The predicted molar refractivity (Wildman–Crippen MR) is 69.6 cm³/mol. The molecule has 0 spiro atoms. The molecule has 1 heterocycles. The number of aromatic nitrogens is 3. The minimum Gasteiger partial charge on any atom is -0.508 e. The van der Waals surface area contributed by atoms with Gasteiger partial charge in [0.25, 0.3) is 0 Å². The van der Waals surface area contributed by atoms with E-state index in [9.17, 15) is 5.11 Å². The average Bonchev–Trinajstić information content (AvgIpc) is 2.73. The van der Waals surface area contributed by atoms with Crippen LogP contribution >= 0.6 is 0 Å². The van der Waals surface area contributed by atoms with Crippen molar-refractivity contribution in [2.75, 3.05) is 0 Å². The van der Waals surface area contributed by atoms with Crippen LogP contribution in [0.3, 0.4) is 0 Å². The lowest BCUT2D eigenvalue weighted by atomic mass is 9.90. The fraction of sp³-hybridized carbons (Fsp3) is 0.385. The summed E-state index contributed by atoms with van der Waals surface area (Å²) < 4.78 is 1.78. The van der Waals surface area contributed by atoms with Crippen LogP contribution in [0.25, 0.3) is 5.69 Å². The predicted octanol–water partition coefficient (Wildman–Crippen LogP) is 1.73. The van der Waals surface area contributed by atoms with Crippen LogP contribution in [0.2, 0.25) is 0 Å². The van der Waals surface area contributed by atoms with E-state index in [-0.39, 0.29) is 11.2 Å². The minimum absolute atomic E-state index is 0.101. The minimum atomic E-state index is -0.101. The first-order chi connectivity index (χ1) is 8.43. The highest BCUT2D eigenvalue weighted by atomic mass is 16.3. The Kier molecular flexibility index (Phi) is 3.09. The molecule has 0 amide bonds. The third-order valence-electron chi connectivity index (χ3n) is 2.74. The summed E-state index contributed by atoms with van der Waals surface area (Å²) in [5.74, 6) is 0.232. The molecule has 2 aromatic rings. The van der Waals surface area contributed by atoms with Crippen LogP contribution in [0.15, 0.2) is 24.3 Å². The quantitative estimate of drug-likeness (QED) is 0.846. The molecule has 0 bridgehead atoms. The van der Waals surface area contributed by atoms with Crippen LogP contribution in [0, 0.1) is 0 Å². The summed E-state index contributed by atoms with van der Waals surface area (Å²) in [4.78, 5) is 0. The molecule has 18 heavy (non-hydrogen) atoms. The van der Waals surface area contributed by atoms with E-state index in [2.05, 4.69) is 31.1 Å². The molecule has 0 unspecified atom stereocenters. The van der Waals surface area contributed by atoms with Crippen LogP contribution < -0.4 is 5.73 Å². The van der Waals surface area contributed by atoms with Gasteiger partial charge in [-0.15, -0.1) is 5.10 Å². The van der Waals surface area contributed by atoms with E-state index in [1.165, 1.54) is 0 Å². The topological polar surface area (TPSA) is 77.0 Å². The number of phenols is 1. The van der Waals surface area contributed by atoms with Crippen molar-refractivity contribution in [3.8, 4) is 11.4 Å². The van der Waals surface area contributed by atoms with Gasteiger partial charge in [0.1, 0.15) is 11.4 Å². The van der Waals surface area contributed by atoms with Crippen molar-refractivity contribution in [3.63, 3.8) is 0 Å². The van der Waals surface area contributed by atoms with Gasteiger partial charge in [-0.1, -0.05) is 26.0 Å². The number of hydrogen-bond donors (Lipinski definition) is 2. The molecule has 0 aliphatic carbocycles. The van der Waals surface area contributed by atoms with E-state index in [1.807, 2.05) is 0 Å². The van der Waals surface area contributed by atoms with Crippen LogP contribution in [0.5, 0.6) is 5.75 Å². The number of hydrogen-bond acceptors (Lipinski definition) is 4. The van der Waals surface area contributed by atoms with Gasteiger partial charge in [0.05, 0.1) is 11.4 Å². The average molecular weight is 246 g/mol. The molecule has 0 radical (unpaired) electrons. The summed E-state index contributed by atoms with van der Waals surface area (Å²) in [6.07, 6.45) is 0. The van der Waals surface area contributed by atoms with Crippen molar-refractivity contribution in [1.29, 1.82) is 0 Å². The zero-order chi connectivity index (χ0) is 13.3. The summed E-state index contributed by atoms with van der Waals surface area (Å²) in [5, 5.41) is 17.6. The normalized spacial score (nSPS) is 11.8. The summed E-state index contributed by atoms with van der Waals surface area (Å²) in [5.41, 5.74) is 8.27. The molecular weight excluding hydrogens is 228 g/mol. The maximum atomic E-state index is 9.32. The lowest BCUT2D eigenvalue weighted by molar-refractivity contribution is 0.475. The van der Waals surface area contributed by atoms with Gasteiger partial charge in [0.2, 0.25) is 0 Å². The zero-order valence-electron chi connectivity index (χ0n) is 10.9. The summed E-state index contributed by atoms with van der Waals surface area (Å²) in [6.45, 7) is 6.66. The SMILES string of the molecule is CC(C)(C)c1c(CN)nnn1-c1ccc(O)cc1. The Balaban J connectivity index is 2.58. The van der Waals surface area contributed by atoms with Gasteiger partial charge in [0, 0.05) is 12.0 Å². The Hall–Kier alpha value is -1.88. The highest BCUT2D eigenvalue weighted by Crippen LogP contribution is 2.27. The molecule has 0 saturated heterocycles. The first-order valence-corrected chi connectivity index (χ1v) is 5.88. The van der Waals surface area contributed by atoms with Gasteiger partial charge in [-0.3, -0.25) is 0 Å². The molecule has 5 nitrogen and oxygen atoms in total. The first kappa shape index (κ1) is 12.6. The second kappa shape index (κ2) is 4.42. The van der Waals surface area contributed by atoms with E-state index in [0.29, 0.717) is 6.54 Å². The highest BCUT2D eigenvalue weighted by molar-refractivity contribution is 5.39. The molecule has 0 fully saturated rings. The van der Waals surface area contributed by atoms with Crippen LogP contribution in [-0.2, 0) is 12.0 Å². The fourth-order valence-corrected chi connectivity index (χ4v) is 1.98. The van der Waals surface area contributed by atoms with Crippen molar-refractivity contribution in [2.24, 2.45) is 5.73 Å². The zero-order valence-corrected chi connectivity index (χ0v) is 10.9. The molecule has 0 saturated carbocycles. The standard InChI is InChI=1S/C13H18N4O/c1-13(2,3)12-11(8-14)15-16-17(12)9-4-6-10(18)7-5-9/h4-7,18H,8,14H2,1-3H3. The number of rotatable bonds is 2. The molecule has 3 N–H and O–H groups in total. The largest absolute Gasteiger partial charge is 0.508 e. The van der Waals surface area contributed by atoms with E-state index < -0.39 is 0 Å². The maximum Gasteiger partial charge on any atom is 0.115 e. The van der Waals surface area contributed by atoms with Crippen molar-refractivity contribution < 1.29 is 5.11 Å². The first-order valence-electron chi connectivity index (χ1n) is 5.88. The molecular formula is C13H18N4O. The van der Waals surface area contributed by atoms with Gasteiger partial charge >= 0.3 is 0 Å². The highest BCUT2D eigenvalue weighted by Gasteiger charge is 2.25. The van der Waals surface area contributed by atoms with Gasteiger partial charge in [-0.2, -0.15) is 0 Å². The van der Waals surface area contributed by atoms with E-state index >= 15 is 0 Å². The molecule has 96 valence electrons. The van der Waals surface area contributed by atoms with Crippen molar-refractivity contribution in [3.05, 3.63) is 35.7 Å². The molecule has 1 aromatic carbocycles. The summed E-state index contributed by atoms with van der Waals surface area (Å²) in [6, 6.07) is 6.87. The number of nitrogens with two attached hydrogens (primary N) is 1. The van der Waals surface area contributed by atoms with Crippen LogP contribution in [-0.4, -0.2) is 20.1 Å². The molecule has 0 aliphatic heterocycles. The molecule has 2 rings (SSSR count). The fourth-order valence-electron chi connectivity index (χ4n) is 1.98. The number of phenolic OH excluding ortho intramolecular Hbond substituents is 1. The Morgan fingerprint density at radius 2 is 1.83 bits per heavy atom. The molecule has 0 aliphatic rings.